The maximum absolute atomic E-state index is 13.3. The molecule has 0 heterocycles. The number of fused-ring (bicyclic) bond motifs is 1. The van der Waals surface area contributed by atoms with Crippen LogP contribution >= 0.6 is 0 Å². The molecule has 1 saturated carbocycles. The van der Waals surface area contributed by atoms with Crippen LogP contribution in [0.1, 0.15) is 55.7 Å². The highest BCUT2D eigenvalue weighted by atomic mass is 16.5. The molecule has 0 aliphatic heterocycles. The highest BCUT2D eigenvalue weighted by Crippen LogP contribution is 2.53. The first-order valence-corrected chi connectivity index (χ1v) is 10.6. The summed E-state index contributed by atoms with van der Waals surface area (Å²) in [4.78, 5) is 13.3. The van der Waals surface area contributed by atoms with Crippen LogP contribution in [0.2, 0.25) is 0 Å². The Morgan fingerprint density at radius 1 is 1.10 bits per heavy atom. The number of nitrogens with two attached hydrogens (primary N) is 1. The molecule has 152 valence electrons. The van der Waals surface area contributed by atoms with Gasteiger partial charge in [-0.05, 0) is 54.5 Å². The minimum Gasteiger partial charge on any atom is -0.497 e. The second-order valence-electron chi connectivity index (χ2n) is 7.95. The van der Waals surface area contributed by atoms with E-state index in [9.17, 15) is 4.79 Å². The summed E-state index contributed by atoms with van der Waals surface area (Å²) in [5, 5.41) is 0. The Balaban J connectivity index is 2.00. The smallest absolute Gasteiger partial charge is 0.336 e. The fourth-order valence-corrected chi connectivity index (χ4v) is 5.05. The van der Waals surface area contributed by atoms with Crippen LogP contribution in [0, 0.1) is 5.92 Å². The molecule has 4 nitrogen and oxygen atoms in total. The monoisotopic (exact) mass is 391 g/mol. The van der Waals surface area contributed by atoms with Crippen LogP contribution in [0.25, 0.3) is 5.57 Å². The lowest BCUT2D eigenvalue weighted by molar-refractivity contribution is -0.139. The van der Waals surface area contributed by atoms with Gasteiger partial charge in [-0.2, -0.15) is 0 Å². The minimum absolute atomic E-state index is 0.197. The molecule has 29 heavy (non-hydrogen) atoms. The average molecular weight is 392 g/mol. The van der Waals surface area contributed by atoms with Crippen molar-refractivity contribution in [2.45, 2.75) is 44.6 Å². The first kappa shape index (κ1) is 19.7. The van der Waals surface area contributed by atoms with E-state index in [2.05, 4.69) is 0 Å². The van der Waals surface area contributed by atoms with Crippen LogP contribution in [0.4, 0.5) is 0 Å². The van der Waals surface area contributed by atoms with Gasteiger partial charge in [-0.25, -0.2) is 4.79 Å². The Bertz CT molecular complexity index is 928. The lowest BCUT2D eigenvalue weighted by atomic mass is 9.69. The van der Waals surface area contributed by atoms with E-state index in [1.54, 1.807) is 7.11 Å². The molecule has 2 aromatic carbocycles. The molecule has 0 aromatic heterocycles. The second kappa shape index (κ2) is 8.03. The van der Waals surface area contributed by atoms with E-state index >= 15 is 0 Å². The maximum atomic E-state index is 13.3. The lowest BCUT2D eigenvalue weighted by Gasteiger charge is -2.39. The second-order valence-corrected chi connectivity index (χ2v) is 7.95. The number of rotatable bonds is 5. The van der Waals surface area contributed by atoms with Gasteiger partial charge in [0, 0.05) is 5.57 Å². The number of benzene rings is 2. The molecule has 0 bridgehead atoms. The van der Waals surface area contributed by atoms with Gasteiger partial charge in [0.25, 0.3) is 0 Å². The number of methoxy groups -OCH3 is 1. The zero-order chi connectivity index (χ0) is 20.4. The Kier molecular flexibility index (Phi) is 5.46. The summed E-state index contributed by atoms with van der Waals surface area (Å²) in [6, 6.07) is 16.0. The van der Waals surface area contributed by atoms with Gasteiger partial charge in [-0.3, -0.25) is 0 Å². The Morgan fingerprint density at radius 3 is 2.48 bits per heavy atom. The molecule has 2 N–H and O–H groups in total. The van der Waals surface area contributed by atoms with Gasteiger partial charge in [0.2, 0.25) is 0 Å². The largest absolute Gasteiger partial charge is 0.497 e. The first-order chi connectivity index (χ1) is 14.1. The molecule has 0 saturated heterocycles. The van der Waals surface area contributed by atoms with Crippen molar-refractivity contribution < 1.29 is 14.3 Å². The van der Waals surface area contributed by atoms with Crippen LogP contribution in [-0.2, 0) is 15.1 Å². The molecule has 2 aliphatic rings. The topological polar surface area (TPSA) is 61.5 Å². The summed E-state index contributed by atoms with van der Waals surface area (Å²) >= 11 is 0. The highest BCUT2D eigenvalue weighted by molar-refractivity contribution is 6.08. The molecule has 4 rings (SSSR count). The van der Waals surface area contributed by atoms with E-state index in [4.69, 9.17) is 15.2 Å². The van der Waals surface area contributed by atoms with E-state index in [1.165, 1.54) is 6.42 Å². The third-order valence-corrected chi connectivity index (χ3v) is 6.40. The predicted octanol–water partition coefficient (Wildman–Crippen LogP) is 4.81. The summed E-state index contributed by atoms with van der Waals surface area (Å²) in [6.45, 7) is 2.16. The normalized spacial score (nSPS) is 21.8. The third kappa shape index (κ3) is 3.25. The third-order valence-electron chi connectivity index (χ3n) is 6.40. The number of hydrogen-bond acceptors (Lipinski definition) is 4. The minimum atomic E-state index is -0.873. The van der Waals surface area contributed by atoms with Gasteiger partial charge in [0.05, 0.1) is 24.8 Å². The van der Waals surface area contributed by atoms with Crippen LogP contribution in [0.15, 0.2) is 54.1 Å². The van der Waals surface area contributed by atoms with Crippen LogP contribution in [0.5, 0.6) is 5.75 Å². The van der Waals surface area contributed by atoms with Crippen molar-refractivity contribution in [3.8, 4) is 5.75 Å². The molecule has 4 heteroatoms. The number of carbonyl (C=O) groups is 1. The Morgan fingerprint density at radius 2 is 1.83 bits per heavy atom. The zero-order valence-electron chi connectivity index (χ0n) is 17.2. The standard InChI is InChI=1S/C25H29NO3/c1-3-29-24(27)23-22(17-10-6-4-7-11-17)20-15-14-19(28-2)16-21(20)25(23,26)18-12-8-5-9-13-18/h4,6-7,10-11,14-16,18H,3,5,8-9,12-13,26H2,1-2H3. The van der Waals surface area contributed by atoms with Crippen molar-refractivity contribution in [1.29, 1.82) is 0 Å². The van der Waals surface area contributed by atoms with E-state index in [0.717, 1.165) is 53.7 Å². The predicted molar refractivity (Wildman–Crippen MR) is 115 cm³/mol. The SMILES string of the molecule is CCOC(=O)C1=C(c2ccccc2)c2ccc(OC)cc2C1(N)C1CCCCC1. The quantitative estimate of drug-likeness (QED) is 0.743. The van der Waals surface area contributed by atoms with Gasteiger partial charge in [0.15, 0.2) is 0 Å². The number of carbonyl (C=O) groups excluding carboxylic acids is 1. The maximum Gasteiger partial charge on any atom is 0.336 e. The average Bonchev–Trinajstić information content (AvgIpc) is 3.04. The van der Waals surface area contributed by atoms with Gasteiger partial charge < -0.3 is 15.2 Å². The highest BCUT2D eigenvalue weighted by Gasteiger charge is 2.51. The lowest BCUT2D eigenvalue weighted by Crippen LogP contribution is -2.47. The number of ether oxygens (including phenoxy) is 2. The van der Waals surface area contributed by atoms with Crippen molar-refractivity contribution >= 4 is 11.5 Å². The fraction of sp³-hybridized carbons (Fsp3) is 0.400. The summed E-state index contributed by atoms with van der Waals surface area (Å²) in [5.41, 5.74) is 10.9. The molecule has 0 spiro atoms. The zero-order valence-corrected chi connectivity index (χ0v) is 17.2. The molecule has 1 fully saturated rings. The molecule has 0 amide bonds. The molecular weight excluding hydrogens is 362 g/mol. The van der Waals surface area contributed by atoms with Crippen molar-refractivity contribution in [3.05, 3.63) is 70.8 Å². The van der Waals surface area contributed by atoms with Crippen molar-refractivity contribution in [2.75, 3.05) is 13.7 Å². The molecule has 2 aromatic rings. The fourth-order valence-electron chi connectivity index (χ4n) is 5.05. The van der Waals surface area contributed by atoms with Gasteiger partial charge in [-0.15, -0.1) is 0 Å². The Hall–Kier alpha value is -2.59. The number of hydrogen-bond donors (Lipinski definition) is 1. The van der Waals surface area contributed by atoms with Crippen molar-refractivity contribution in [1.82, 2.24) is 0 Å². The summed E-state index contributed by atoms with van der Waals surface area (Å²) < 4.78 is 11.1. The summed E-state index contributed by atoms with van der Waals surface area (Å²) in [5.74, 6) is 0.643. The number of esters is 1. The molecule has 1 unspecified atom stereocenters. The molecule has 1 atom stereocenters. The van der Waals surface area contributed by atoms with Crippen molar-refractivity contribution in [3.63, 3.8) is 0 Å². The Labute approximate surface area is 172 Å². The van der Waals surface area contributed by atoms with E-state index in [0.29, 0.717) is 12.2 Å². The van der Waals surface area contributed by atoms with Crippen LogP contribution in [-0.4, -0.2) is 19.7 Å². The molecule has 2 aliphatic carbocycles. The van der Waals surface area contributed by atoms with Gasteiger partial charge >= 0.3 is 5.97 Å². The van der Waals surface area contributed by atoms with E-state index < -0.39 is 5.54 Å². The summed E-state index contributed by atoms with van der Waals surface area (Å²) in [6.07, 6.45) is 5.52. The van der Waals surface area contributed by atoms with Crippen molar-refractivity contribution in [2.24, 2.45) is 11.7 Å². The van der Waals surface area contributed by atoms with Gasteiger partial charge in [0.1, 0.15) is 5.75 Å². The van der Waals surface area contributed by atoms with Crippen LogP contribution < -0.4 is 10.5 Å². The summed E-state index contributed by atoms with van der Waals surface area (Å²) in [7, 11) is 1.66. The van der Waals surface area contributed by atoms with Crippen LogP contribution in [0.3, 0.4) is 0 Å². The van der Waals surface area contributed by atoms with E-state index in [-0.39, 0.29) is 11.9 Å². The molecule has 0 radical (unpaired) electrons. The van der Waals surface area contributed by atoms with E-state index in [1.807, 2.05) is 55.5 Å². The molecular formula is C25H29NO3. The van der Waals surface area contributed by atoms with Gasteiger partial charge in [-0.1, -0.05) is 55.7 Å². The first-order valence-electron chi connectivity index (χ1n) is 10.6.